The first kappa shape index (κ1) is 16.5. The van der Waals surface area contributed by atoms with E-state index in [9.17, 15) is 5.11 Å². The molecule has 2 nitrogen and oxygen atoms in total. The van der Waals surface area contributed by atoms with Crippen molar-refractivity contribution in [1.82, 2.24) is 5.32 Å². The van der Waals surface area contributed by atoms with E-state index in [1.54, 1.807) is 0 Å². The molecule has 0 radical (unpaired) electrons. The van der Waals surface area contributed by atoms with Gasteiger partial charge in [-0.25, -0.2) is 0 Å². The van der Waals surface area contributed by atoms with Gasteiger partial charge in [0.15, 0.2) is 0 Å². The van der Waals surface area contributed by atoms with Crippen LogP contribution in [0.1, 0.15) is 36.8 Å². The SMILES string of the molecule is OC1(c2cccc(Cl)c2)CCC(NCCc2ccccc2)CC1. The maximum Gasteiger partial charge on any atom is 0.0898 e. The smallest absolute Gasteiger partial charge is 0.0898 e. The standard InChI is InChI=1S/C20H24ClNO/c21-18-8-4-7-17(15-18)20(23)12-9-19(10-13-20)22-14-11-16-5-2-1-3-6-16/h1-8,15,19,22-23H,9-14H2. The van der Waals surface area contributed by atoms with Crippen molar-refractivity contribution in [3.8, 4) is 0 Å². The molecule has 3 heteroatoms. The third-order valence-electron chi connectivity index (χ3n) is 4.86. The average molecular weight is 330 g/mol. The number of aliphatic hydroxyl groups is 1. The molecule has 0 bridgehead atoms. The van der Waals surface area contributed by atoms with E-state index in [4.69, 9.17) is 11.6 Å². The molecule has 1 aliphatic rings. The summed E-state index contributed by atoms with van der Waals surface area (Å²) in [6.45, 7) is 0.990. The lowest BCUT2D eigenvalue weighted by atomic mass is 9.78. The summed E-state index contributed by atoms with van der Waals surface area (Å²) < 4.78 is 0. The third kappa shape index (κ3) is 4.35. The minimum Gasteiger partial charge on any atom is -0.385 e. The zero-order valence-corrected chi connectivity index (χ0v) is 14.1. The molecule has 0 spiro atoms. The summed E-state index contributed by atoms with van der Waals surface area (Å²) in [5.41, 5.74) is 1.60. The van der Waals surface area contributed by atoms with Crippen LogP contribution in [0.15, 0.2) is 54.6 Å². The predicted octanol–water partition coefficient (Wildman–Crippen LogP) is 4.30. The summed E-state index contributed by atoms with van der Waals surface area (Å²) >= 11 is 6.06. The molecule has 0 saturated heterocycles. The first-order chi connectivity index (χ1) is 11.2. The normalized spacial score (nSPS) is 24.5. The van der Waals surface area contributed by atoms with Gasteiger partial charge in [0.05, 0.1) is 5.60 Å². The third-order valence-corrected chi connectivity index (χ3v) is 5.10. The lowest BCUT2D eigenvalue weighted by Crippen LogP contribution is -2.40. The van der Waals surface area contributed by atoms with Crippen LogP contribution in [-0.2, 0) is 12.0 Å². The van der Waals surface area contributed by atoms with E-state index in [2.05, 4.69) is 35.6 Å². The zero-order valence-electron chi connectivity index (χ0n) is 13.3. The molecule has 0 atom stereocenters. The van der Waals surface area contributed by atoms with Crippen LogP contribution in [0.2, 0.25) is 5.02 Å². The van der Waals surface area contributed by atoms with Gasteiger partial charge in [-0.15, -0.1) is 0 Å². The van der Waals surface area contributed by atoms with Crippen LogP contribution in [0.3, 0.4) is 0 Å². The van der Waals surface area contributed by atoms with Crippen molar-refractivity contribution in [2.24, 2.45) is 0 Å². The highest BCUT2D eigenvalue weighted by Gasteiger charge is 2.34. The van der Waals surface area contributed by atoms with Gasteiger partial charge >= 0.3 is 0 Å². The van der Waals surface area contributed by atoms with E-state index >= 15 is 0 Å². The fourth-order valence-electron chi connectivity index (χ4n) is 3.43. The second-order valence-corrected chi connectivity index (χ2v) is 6.94. The Kier molecular flexibility index (Phi) is 5.37. The number of benzene rings is 2. The Morgan fingerprint density at radius 1 is 1.04 bits per heavy atom. The Morgan fingerprint density at radius 3 is 2.48 bits per heavy atom. The summed E-state index contributed by atoms with van der Waals surface area (Å²) in [4.78, 5) is 0. The fraction of sp³-hybridized carbons (Fsp3) is 0.400. The monoisotopic (exact) mass is 329 g/mol. The van der Waals surface area contributed by atoms with E-state index < -0.39 is 5.60 Å². The maximum absolute atomic E-state index is 10.9. The number of hydrogen-bond donors (Lipinski definition) is 2. The van der Waals surface area contributed by atoms with Crippen molar-refractivity contribution in [2.75, 3.05) is 6.54 Å². The van der Waals surface area contributed by atoms with Gasteiger partial charge < -0.3 is 10.4 Å². The maximum atomic E-state index is 10.9. The molecule has 1 saturated carbocycles. The van der Waals surface area contributed by atoms with Gasteiger partial charge in [0.1, 0.15) is 0 Å². The zero-order chi connectivity index (χ0) is 16.1. The number of hydrogen-bond acceptors (Lipinski definition) is 2. The van der Waals surface area contributed by atoms with Crippen LogP contribution in [-0.4, -0.2) is 17.7 Å². The van der Waals surface area contributed by atoms with E-state index in [1.807, 2.05) is 24.3 Å². The number of halogens is 1. The molecular weight excluding hydrogens is 306 g/mol. The number of nitrogens with one attached hydrogen (secondary N) is 1. The highest BCUT2D eigenvalue weighted by molar-refractivity contribution is 6.30. The van der Waals surface area contributed by atoms with Crippen LogP contribution >= 0.6 is 11.6 Å². The van der Waals surface area contributed by atoms with E-state index in [0.29, 0.717) is 11.1 Å². The molecule has 3 rings (SSSR count). The summed E-state index contributed by atoms with van der Waals surface area (Å²) in [5, 5.41) is 15.2. The number of rotatable bonds is 5. The van der Waals surface area contributed by atoms with Crippen molar-refractivity contribution in [2.45, 2.75) is 43.7 Å². The molecule has 1 aliphatic carbocycles. The molecule has 0 heterocycles. The minimum atomic E-state index is -0.720. The molecule has 2 aromatic carbocycles. The highest BCUT2D eigenvalue weighted by Crippen LogP contribution is 2.37. The summed E-state index contributed by atoms with van der Waals surface area (Å²) in [7, 11) is 0. The Labute approximate surface area is 143 Å². The van der Waals surface area contributed by atoms with Gasteiger partial charge in [-0.2, -0.15) is 0 Å². The largest absolute Gasteiger partial charge is 0.385 e. The molecular formula is C20H24ClNO. The van der Waals surface area contributed by atoms with Gasteiger partial charge in [-0.05, 0) is 61.9 Å². The van der Waals surface area contributed by atoms with Gasteiger partial charge in [-0.3, -0.25) is 0 Å². The first-order valence-electron chi connectivity index (χ1n) is 8.41. The fourth-order valence-corrected chi connectivity index (χ4v) is 3.62. The highest BCUT2D eigenvalue weighted by atomic mass is 35.5. The van der Waals surface area contributed by atoms with Crippen LogP contribution in [0.4, 0.5) is 0 Å². The molecule has 2 aromatic rings. The molecule has 23 heavy (non-hydrogen) atoms. The van der Waals surface area contributed by atoms with E-state index in [1.165, 1.54) is 5.56 Å². The van der Waals surface area contributed by atoms with Crippen LogP contribution in [0.5, 0.6) is 0 Å². The van der Waals surface area contributed by atoms with Gasteiger partial charge in [0.2, 0.25) is 0 Å². The summed E-state index contributed by atoms with van der Waals surface area (Å²) in [5.74, 6) is 0. The van der Waals surface area contributed by atoms with E-state index in [-0.39, 0.29) is 0 Å². The van der Waals surface area contributed by atoms with Crippen molar-refractivity contribution < 1.29 is 5.11 Å². The quantitative estimate of drug-likeness (QED) is 0.857. The molecule has 0 amide bonds. The van der Waals surface area contributed by atoms with Crippen molar-refractivity contribution in [3.63, 3.8) is 0 Å². The summed E-state index contributed by atoms with van der Waals surface area (Å²) in [6.07, 6.45) is 4.62. The van der Waals surface area contributed by atoms with Gasteiger partial charge in [0.25, 0.3) is 0 Å². The van der Waals surface area contributed by atoms with Crippen LogP contribution in [0.25, 0.3) is 0 Å². The van der Waals surface area contributed by atoms with Crippen molar-refractivity contribution in [3.05, 3.63) is 70.7 Å². The second kappa shape index (κ2) is 7.48. The lowest BCUT2D eigenvalue weighted by Gasteiger charge is -2.37. The molecule has 0 aliphatic heterocycles. The average Bonchev–Trinajstić information content (AvgIpc) is 2.58. The van der Waals surface area contributed by atoms with Crippen molar-refractivity contribution in [1.29, 1.82) is 0 Å². The van der Waals surface area contributed by atoms with Crippen LogP contribution < -0.4 is 5.32 Å². The molecule has 0 unspecified atom stereocenters. The lowest BCUT2D eigenvalue weighted by molar-refractivity contribution is -0.00824. The van der Waals surface area contributed by atoms with Gasteiger partial charge in [0, 0.05) is 11.1 Å². The second-order valence-electron chi connectivity index (χ2n) is 6.51. The van der Waals surface area contributed by atoms with Gasteiger partial charge in [-0.1, -0.05) is 54.1 Å². The molecule has 122 valence electrons. The predicted molar refractivity (Wildman–Crippen MR) is 95.8 cm³/mol. The Balaban J connectivity index is 1.48. The Hall–Kier alpha value is -1.35. The summed E-state index contributed by atoms with van der Waals surface area (Å²) in [6, 6.07) is 18.7. The van der Waals surface area contributed by atoms with Crippen LogP contribution in [0, 0.1) is 0 Å². The molecule has 0 aromatic heterocycles. The molecule has 1 fully saturated rings. The van der Waals surface area contributed by atoms with Crippen molar-refractivity contribution >= 4 is 11.6 Å². The Morgan fingerprint density at radius 2 is 1.78 bits per heavy atom. The first-order valence-corrected chi connectivity index (χ1v) is 8.79. The molecule has 2 N–H and O–H groups in total. The van der Waals surface area contributed by atoms with E-state index in [0.717, 1.165) is 44.2 Å². The topological polar surface area (TPSA) is 32.3 Å². The Bertz CT molecular complexity index is 621. The minimum absolute atomic E-state index is 0.498.